The Bertz CT molecular complexity index is 234. The van der Waals surface area contributed by atoms with Gasteiger partial charge >= 0.3 is 6.09 Å². The third-order valence-electron chi connectivity index (χ3n) is 2.10. The van der Waals surface area contributed by atoms with E-state index >= 15 is 0 Å². The fourth-order valence-corrected chi connectivity index (χ4v) is 1.05. The summed E-state index contributed by atoms with van der Waals surface area (Å²) in [4.78, 5) is 11.6. The lowest BCUT2D eigenvalue weighted by atomic mass is 9.96. The Morgan fingerprint density at radius 2 is 1.81 bits per heavy atom. The van der Waals surface area contributed by atoms with Crippen LogP contribution in [0.3, 0.4) is 0 Å². The highest BCUT2D eigenvalue weighted by Gasteiger charge is 2.30. The van der Waals surface area contributed by atoms with Crippen molar-refractivity contribution in [3.05, 3.63) is 0 Å². The lowest BCUT2D eigenvalue weighted by Gasteiger charge is -2.33. The molecular formula is C11H24N2O3. The van der Waals surface area contributed by atoms with E-state index in [-0.39, 0.29) is 6.04 Å². The molecule has 16 heavy (non-hydrogen) atoms. The van der Waals surface area contributed by atoms with Crippen LogP contribution in [0.25, 0.3) is 0 Å². The van der Waals surface area contributed by atoms with E-state index in [1.165, 1.54) is 0 Å². The highest BCUT2D eigenvalue weighted by Crippen LogP contribution is 2.11. The van der Waals surface area contributed by atoms with Crippen LogP contribution in [-0.4, -0.2) is 37.0 Å². The summed E-state index contributed by atoms with van der Waals surface area (Å²) in [5.41, 5.74) is 4.80. The van der Waals surface area contributed by atoms with E-state index in [9.17, 15) is 4.79 Å². The Balaban J connectivity index is 4.30. The first-order valence-corrected chi connectivity index (χ1v) is 5.34. The maximum Gasteiger partial charge on any atom is 0.408 e. The van der Waals surface area contributed by atoms with Crippen LogP contribution in [0.5, 0.6) is 0 Å². The van der Waals surface area contributed by atoms with Crippen molar-refractivity contribution in [2.45, 2.75) is 51.8 Å². The zero-order valence-electron chi connectivity index (χ0n) is 11.1. The molecule has 0 aromatic rings. The van der Waals surface area contributed by atoms with Crippen molar-refractivity contribution >= 4 is 6.09 Å². The average Bonchev–Trinajstić information content (AvgIpc) is 1.99. The summed E-state index contributed by atoms with van der Waals surface area (Å²) < 4.78 is 10.1. The van der Waals surface area contributed by atoms with Crippen molar-refractivity contribution in [1.82, 2.24) is 5.32 Å². The standard InChI is InChI=1S/C11H24N2O3/c1-10(2,3)16-9(14)13-11(4,5)8(12)7-15-6/h8H,7,12H2,1-6H3,(H,13,14)/t8-/m1/s1. The highest BCUT2D eigenvalue weighted by atomic mass is 16.6. The summed E-state index contributed by atoms with van der Waals surface area (Å²) >= 11 is 0. The molecule has 0 heterocycles. The number of amides is 1. The summed E-state index contributed by atoms with van der Waals surface area (Å²) in [5, 5.41) is 2.73. The van der Waals surface area contributed by atoms with Gasteiger partial charge in [0.1, 0.15) is 5.60 Å². The summed E-state index contributed by atoms with van der Waals surface area (Å²) in [7, 11) is 1.57. The molecule has 3 N–H and O–H groups in total. The Kier molecular flexibility index (Phi) is 5.22. The van der Waals surface area contributed by atoms with Gasteiger partial charge in [-0.1, -0.05) is 0 Å². The summed E-state index contributed by atoms with van der Waals surface area (Å²) in [6.45, 7) is 9.49. The quantitative estimate of drug-likeness (QED) is 0.765. The smallest absolute Gasteiger partial charge is 0.408 e. The molecule has 5 heteroatoms. The average molecular weight is 232 g/mol. The minimum atomic E-state index is -0.571. The Morgan fingerprint density at radius 3 is 2.19 bits per heavy atom. The van der Waals surface area contributed by atoms with Crippen molar-refractivity contribution in [2.75, 3.05) is 13.7 Å². The van der Waals surface area contributed by atoms with Crippen LogP contribution in [0, 0.1) is 0 Å². The highest BCUT2D eigenvalue weighted by molar-refractivity contribution is 5.68. The number of hydrogen-bond donors (Lipinski definition) is 2. The number of nitrogens with one attached hydrogen (secondary N) is 1. The molecule has 1 atom stereocenters. The number of ether oxygens (including phenoxy) is 2. The second-order valence-electron chi connectivity index (χ2n) is 5.41. The van der Waals surface area contributed by atoms with E-state index in [1.807, 2.05) is 34.6 Å². The van der Waals surface area contributed by atoms with Gasteiger partial charge in [-0.3, -0.25) is 0 Å². The molecule has 0 bridgehead atoms. The minimum absolute atomic E-state index is 0.287. The van der Waals surface area contributed by atoms with Gasteiger partial charge in [-0.2, -0.15) is 0 Å². The second-order valence-corrected chi connectivity index (χ2v) is 5.41. The first-order valence-electron chi connectivity index (χ1n) is 5.34. The molecule has 0 radical (unpaired) electrons. The number of hydrogen-bond acceptors (Lipinski definition) is 4. The van der Waals surface area contributed by atoms with E-state index in [4.69, 9.17) is 15.2 Å². The molecule has 0 spiro atoms. The van der Waals surface area contributed by atoms with Gasteiger partial charge in [0, 0.05) is 7.11 Å². The molecule has 0 aromatic heterocycles. The Morgan fingerprint density at radius 1 is 1.31 bits per heavy atom. The van der Waals surface area contributed by atoms with Crippen molar-refractivity contribution in [1.29, 1.82) is 0 Å². The predicted octanol–water partition coefficient (Wildman–Crippen LogP) is 1.26. The molecule has 0 aliphatic rings. The molecule has 0 rings (SSSR count). The van der Waals surface area contributed by atoms with Crippen LogP contribution in [0.4, 0.5) is 4.79 Å². The zero-order valence-corrected chi connectivity index (χ0v) is 11.1. The van der Waals surface area contributed by atoms with Crippen molar-refractivity contribution < 1.29 is 14.3 Å². The van der Waals surface area contributed by atoms with Gasteiger partial charge in [-0.25, -0.2) is 4.79 Å². The van der Waals surface area contributed by atoms with Crippen LogP contribution >= 0.6 is 0 Å². The van der Waals surface area contributed by atoms with Gasteiger partial charge in [-0.15, -0.1) is 0 Å². The molecular weight excluding hydrogens is 208 g/mol. The minimum Gasteiger partial charge on any atom is -0.444 e. The topological polar surface area (TPSA) is 73.6 Å². The van der Waals surface area contributed by atoms with Gasteiger partial charge in [0.15, 0.2) is 0 Å². The third kappa shape index (κ3) is 5.92. The number of alkyl carbamates (subject to hydrolysis) is 1. The molecule has 0 aliphatic carbocycles. The number of methoxy groups -OCH3 is 1. The molecule has 0 saturated carbocycles. The fraction of sp³-hybridized carbons (Fsp3) is 0.909. The normalized spacial score (nSPS) is 14.4. The predicted molar refractivity (Wildman–Crippen MR) is 63.3 cm³/mol. The van der Waals surface area contributed by atoms with Gasteiger partial charge in [-0.05, 0) is 34.6 Å². The maximum atomic E-state index is 11.6. The lowest BCUT2D eigenvalue weighted by molar-refractivity contribution is 0.0432. The summed E-state index contributed by atoms with van der Waals surface area (Å²) in [6, 6.07) is -0.287. The fourth-order valence-electron chi connectivity index (χ4n) is 1.05. The van der Waals surface area contributed by atoms with Crippen molar-refractivity contribution in [2.24, 2.45) is 5.73 Å². The Labute approximate surface area is 97.7 Å². The van der Waals surface area contributed by atoms with E-state index < -0.39 is 17.2 Å². The number of carbonyl (C=O) groups excluding carboxylic acids is 1. The van der Waals surface area contributed by atoms with E-state index in [1.54, 1.807) is 7.11 Å². The lowest BCUT2D eigenvalue weighted by Crippen LogP contribution is -2.58. The van der Waals surface area contributed by atoms with Crippen LogP contribution in [0.2, 0.25) is 0 Å². The number of carbonyl (C=O) groups is 1. The van der Waals surface area contributed by atoms with Gasteiger partial charge in [0.25, 0.3) is 0 Å². The van der Waals surface area contributed by atoms with Gasteiger partial charge in [0.05, 0.1) is 18.2 Å². The Hall–Kier alpha value is -0.810. The third-order valence-corrected chi connectivity index (χ3v) is 2.10. The van der Waals surface area contributed by atoms with Gasteiger partial charge < -0.3 is 20.5 Å². The van der Waals surface area contributed by atoms with Crippen LogP contribution < -0.4 is 11.1 Å². The molecule has 5 nitrogen and oxygen atoms in total. The molecule has 0 aromatic carbocycles. The second kappa shape index (κ2) is 5.50. The first kappa shape index (κ1) is 15.2. The zero-order chi connectivity index (χ0) is 13.0. The van der Waals surface area contributed by atoms with Crippen molar-refractivity contribution in [3.8, 4) is 0 Å². The molecule has 0 saturated heterocycles. The largest absolute Gasteiger partial charge is 0.444 e. The monoisotopic (exact) mass is 232 g/mol. The maximum absolute atomic E-state index is 11.6. The molecule has 96 valence electrons. The molecule has 0 unspecified atom stereocenters. The molecule has 0 aliphatic heterocycles. The molecule has 0 fully saturated rings. The summed E-state index contributed by atoms with van der Waals surface area (Å²) in [6.07, 6.45) is -0.468. The molecule has 1 amide bonds. The van der Waals surface area contributed by atoms with E-state index in [2.05, 4.69) is 5.32 Å². The van der Waals surface area contributed by atoms with E-state index in [0.29, 0.717) is 6.61 Å². The SMILES string of the molecule is COC[C@@H](N)C(C)(C)NC(=O)OC(C)(C)C. The van der Waals surface area contributed by atoms with Crippen LogP contribution in [-0.2, 0) is 9.47 Å². The van der Waals surface area contributed by atoms with Crippen molar-refractivity contribution in [3.63, 3.8) is 0 Å². The first-order chi connectivity index (χ1) is 7.08. The number of nitrogens with two attached hydrogens (primary N) is 1. The van der Waals surface area contributed by atoms with E-state index in [0.717, 1.165) is 0 Å². The summed E-state index contributed by atoms with van der Waals surface area (Å²) in [5.74, 6) is 0. The number of rotatable bonds is 4. The van der Waals surface area contributed by atoms with Crippen LogP contribution in [0.15, 0.2) is 0 Å². The van der Waals surface area contributed by atoms with Gasteiger partial charge in [0.2, 0.25) is 0 Å². The van der Waals surface area contributed by atoms with Crippen LogP contribution in [0.1, 0.15) is 34.6 Å².